The zero-order chi connectivity index (χ0) is 21.6. The molecule has 1 amide bonds. The van der Waals surface area contributed by atoms with Crippen molar-refractivity contribution < 1.29 is 4.79 Å². The molecule has 2 heterocycles. The third kappa shape index (κ3) is 6.51. The summed E-state index contributed by atoms with van der Waals surface area (Å²) in [5.74, 6) is 1.06. The Bertz CT molecular complexity index is 953. The molecule has 2 aliphatic heterocycles. The van der Waals surface area contributed by atoms with Crippen molar-refractivity contribution in [2.24, 2.45) is 4.99 Å². The second kappa shape index (κ2) is 11.7. The molecule has 2 aromatic rings. The van der Waals surface area contributed by atoms with Crippen molar-refractivity contribution in [3.63, 3.8) is 0 Å². The summed E-state index contributed by atoms with van der Waals surface area (Å²) in [6.07, 6.45) is 2.70. The number of rotatable bonds is 6. The van der Waals surface area contributed by atoms with Crippen molar-refractivity contribution in [1.82, 2.24) is 15.5 Å². The third-order valence-corrected chi connectivity index (χ3v) is 6.16. The summed E-state index contributed by atoms with van der Waals surface area (Å²) in [5, 5.41) is 7.73. The number of hydrogen-bond donors (Lipinski definition) is 2. The zero-order valence-electron chi connectivity index (χ0n) is 18.4. The van der Waals surface area contributed by atoms with Crippen molar-refractivity contribution >= 4 is 53.1 Å². The number of nitrogens with zero attached hydrogens (tertiary/aromatic N) is 3. The first-order valence-corrected chi connectivity index (χ1v) is 11.3. The van der Waals surface area contributed by atoms with E-state index in [2.05, 4.69) is 50.9 Å². The number of guanidine groups is 1. The number of aliphatic imine (C=N–C) groups is 1. The highest BCUT2D eigenvalue weighted by Gasteiger charge is 2.23. The monoisotopic (exact) mass is 567 g/mol. The summed E-state index contributed by atoms with van der Waals surface area (Å²) in [4.78, 5) is 20.6. The Hall–Kier alpha value is -2.00. The van der Waals surface area contributed by atoms with Crippen molar-refractivity contribution in [2.75, 3.05) is 31.6 Å². The maximum absolute atomic E-state index is 11.9. The van der Waals surface area contributed by atoms with Gasteiger partial charge >= 0.3 is 0 Å². The Morgan fingerprint density at radius 2 is 1.97 bits per heavy atom. The Kier molecular flexibility index (Phi) is 9.04. The van der Waals surface area contributed by atoms with Gasteiger partial charge in [0.25, 0.3) is 0 Å². The van der Waals surface area contributed by atoms with Gasteiger partial charge in [0.15, 0.2) is 5.96 Å². The number of likely N-dealkylation sites (tertiary alicyclic amines) is 1. The lowest BCUT2D eigenvalue weighted by atomic mass is 10.1. The molecule has 0 saturated carbocycles. The molecular formula is C24H31ClIN5O. The van der Waals surface area contributed by atoms with E-state index in [1.54, 1.807) is 7.05 Å². The Morgan fingerprint density at radius 3 is 2.72 bits per heavy atom. The Labute approximate surface area is 212 Å². The van der Waals surface area contributed by atoms with Gasteiger partial charge in [-0.2, -0.15) is 0 Å². The van der Waals surface area contributed by atoms with E-state index in [0.29, 0.717) is 25.6 Å². The molecular weight excluding hydrogens is 537 g/mol. The zero-order valence-corrected chi connectivity index (χ0v) is 21.5. The van der Waals surface area contributed by atoms with Crippen LogP contribution >= 0.6 is 35.6 Å². The predicted octanol–water partition coefficient (Wildman–Crippen LogP) is 4.02. The summed E-state index contributed by atoms with van der Waals surface area (Å²) >= 11 is 6.14. The third-order valence-electron chi connectivity index (χ3n) is 5.92. The van der Waals surface area contributed by atoms with Crippen LogP contribution < -0.4 is 15.5 Å². The summed E-state index contributed by atoms with van der Waals surface area (Å²) in [6.45, 7) is 4.16. The summed E-state index contributed by atoms with van der Waals surface area (Å²) < 4.78 is 0. The average molecular weight is 568 g/mol. The van der Waals surface area contributed by atoms with Crippen molar-refractivity contribution in [3.05, 3.63) is 64.7 Å². The number of anilines is 1. The first kappa shape index (κ1) is 24.6. The topological polar surface area (TPSA) is 60.0 Å². The van der Waals surface area contributed by atoms with Crippen LogP contribution in [0, 0.1) is 0 Å². The molecule has 0 spiro atoms. The van der Waals surface area contributed by atoms with Crippen molar-refractivity contribution in [2.45, 2.75) is 38.4 Å². The lowest BCUT2D eigenvalue weighted by Gasteiger charge is -2.21. The number of carbonyl (C=O) groups is 1. The van der Waals surface area contributed by atoms with Crippen LogP contribution in [0.3, 0.4) is 0 Å². The molecule has 0 radical (unpaired) electrons. The van der Waals surface area contributed by atoms with Gasteiger partial charge in [-0.25, -0.2) is 0 Å². The lowest BCUT2D eigenvalue weighted by Crippen LogP contribution is -2.44. The summed E-state index contributed by atoms with van der Waals surface area (Å²) in [5.41, 5.74) is 3.51. The Morgan fingerprint density at radius 1 is 1.16 bits per heavy atom. The quantitative estimate of drug-likeness (QED) is 0.315. The van der Waals surface area contributed by atoms with Crippen molar-refractivity contribution in [1.29, 1.82) is 0 Å². The molecule has 2 aliphatic rings. The first-order valence-electron chi connectivity index (χ1n) is 10.9. The average Bonchev–Trinajstić information content (AvgIpc) is 3.40. The van der Waals surface area contributed by atoms with E-state index in [1.165, 1.54) is 11.1 Å². The molecule has 1 unspecified atom stereocenters. The number of amides is 1. The van der Waals surface area contributed by atoms with Crippen LogP contribution in [0.4, 0.5) is 5.69 Å². The Balaban J connectivity index is 0.00000289. The van der Waals surface area contributed by atoms with Crippen LogP contribution in [0.1, 0.15) is 30.4 Å². The van der Waals surface area contributed by atoms with Gasteiger partial charge in [-0.05, 0) is 42.2 Å². The van der Waals surface area contributed by atoms with E-state index in [9.17, 15) is 4.79 Å². The predicted molar refractivity (Wildman–Crippen MR) is 142 cm³/mol. The smallest absolute Gasteiger partial charge is 0.222 e. The van der Waals surface area contributed by atoms with Gasteiger partial charge in [0, 0.05) is 62.9 Å². The fourth-order valence-corrected chi connectivity index (χ4v) is 4.47. The van der Waals surface area contributed by atoms with Gasteiger partial charge in [-0.15, -0.1) is 24.0 Å². The molecule has 0 bridgehead atoms. The van der Waals surface area contributed by atoms with E-state index < -0.39 is 0 Å². The van der Waals surface area contributed by atoms with Crippen LogP contribution in [-0.4, -0.2) is 49.5 Å². The van der Waals surface area contributed by atoms with E-state index in [1.807, 2.05) is 23.1 Å². The highest BCUT2D eigenvalue weighted by molar-refractivity contribution is 14.0. The van der Waals surface area contributed by atoms with Gasteiger partial charge in [-0.1, -0.05) is 41.9 Å². The molecule has 2 N–H and O–H groups in total. The standard InChI is InChI=1S/C24H30ClN5O.HI/c1-26-24(28-21-10-12-29(17-21)22-8-3-7-20(25)14-22)27-15-18-5-2-6-19(13-18)16-30-11-4-9-23(30)31;/h2-3,5-8,13-14,21H,4,9-12,15-17H2,1H3,(H2,26,27,28);1H. The minimum atomic E-state index is 0. The van der Waals surface area contributed by atoms with Crippen LogP contribution in [0.2, 0.25) is 5.02 Å². The van der Waals surface area contributed by atoms with Crippen LogP contribution in [0.5, 0.6) is 0 Å². The van der Waals surface area contributed by atoms with Crippen molar-refractivity contribution in [3.8, 4) is 0 Å². The molecule has 32 heavy (non-hydrogen) atoms. The number of hydrogen-bond acceptors (Lipinski definition) is 3. The van der Waals surface area contributed by atoms with Gasteiger partial charge in [0.05, 0.1) is 0 Å². The molecule has 0 aliphatic carbocycles. The fraction of sp³-hybridized carbons (Fsp3) is 0.417. The summed E-state index contributed by atoms with van der Waals surface area (Å²) in [6, 6.07) is 16.8. The number of carbonyl (C=O) groups excluding carboxylic acids is 1. The number of benzene rings is 2. The van der Waals surface area contributed by atoms with Crippen LogP contribution in [0.15, 0.2) is 53.5 Å². The maximum atomic E-state index is 11.9. The summed E-state index contributed by atoms with van der Waals surface area (Å²) in [7, 11) is 1.80. The van der Waals surface area contributed by atoms with E-state index >= 15 is 0 Å². The van der Waals surface area contributed by atoms with E-state index in [4.69, 9.17) is 11.6 Å². The highest BCUT2D eigenvalue weighted by Crippen LogP contribution is 2.23. The molecule has 172 valence electrons. The molecule has 4 rings (SSSR count). The fourth-order valence-electron chi connectivity index (χ4n) is 4.29. The van der Waals surface area contributed by atoms with Gasteiger partial charge < -0.3 is 20.4 Å². The maximum Gasteiger partial charge on any atom is 0.222 e. The second-order valence-electron chi connectivity index (χ2n) is 8.22. The molecule has 0 aromatic heterocycles. The molecule has 8 heteroatoms. The largest absolute Gasteiger partial charge is 0.369 e. The highest BCUT2D eigenvalue weighted by atomic mass is 127. The normalized spacial score (nSPS) is 18.6. The van der Waals surface area contributed by atoms with Crippen LogP contribution in [0.25, 0.3) is 0 Å². The number of halogens is 2. The van der Waals surface area contributed by atoms with Gasteiger partial charge in [-0.3, -0.25) is 9.79 Å². The minimum absolute atomic E-state index is 0. The minimum Gasteiger partial charge on any atom is -0.369 e. The number of nitrogens with one attached hydrogen (secondary N) is 2. The lowest BCUT2D eigenvalue weighted by molar-refractivity contribution is -0.128. The molecule has 1 atom stereocenters. The molecule has 2 saturated heterocycles. The van der Waals surface area contributed by atoms with E-state index in [0.717, 1.165) is 49.1 Å². The van der Waals surface area contributed by atoms with Crippen LogP contribution in [-0.2, 0) is 17.9 Å². The van der Waals surface area contributed by atoms with E-state index in [-0.39, 0.29) is 29.9 Å². The first-order chi connectivity index (χ1) is 15.1. The SMILES string of the molecule is CN=C(NCc1cccc(CN2CCCC2=O)c1)NC1CCN(c2cccc(Cl)c2)C1.I. The molecule has 2 fully saturated rings. The molecule has 2 aromatic carbocycles. The van der Waals surface area contributed by atoms with Gasteiger partial charge in [0.2, 0.25) is 5.91 Å². The second-order valence-corrected chi connectivity index (χ2v) is 8.66. The van der Waals surface area contributed by atoms with Gasteiger partial charge in [0.1, 0.15) is 0 Å². The molecule has 6 nitrogen and oxygen atoms in total.